The molecule has 0 aliphatic heterocycles. The van der Waals surface area contributed by atoms with E-state index in [4.69, 9.17) is 14.2 Å². The number of hydrogen-bond acceptors (Lipinski definition) is 6. The number of esters is 1. The fraction of sp³-hybridized carbons (Fsp3) is 0.222. The maximum atomic E-state index is 12.9. The average Bonchev–Trinajstić information content (AvgIpc) is 2.88. The second-order valence-electron chi connectivity index (χ2n) is 7.37. The molecule has 3 aromatic rings. The maximum absolute atomic E-state index is 12.9. The number of hydrogen-bond donors (Lipinski definition) is 2. The molecule has 1 unspecified atom stereocenters. The molecule has 0 aromatic heterocycles. The lowest BCUT2D eigenvalue weighted by Crippen LogP contribution is -2.36. The summed E-state index contributed by atoms with van der Waals surface area (Å²) in [6.45, 7) is 4.10. The van der Waals surface area contributed by atoms with E-state index in [1.165, 1.54) is 0 Å². The summed E-state index contributed by atoms with van der Waals surface area (Å²) < 4.78 is 16.3. The van der Waals surface area contributed by atoms with E-state index in [9.17, 15) is 14.4 Å². The first-order valence-electron chi connectivity index (χ1n) is 11.3. The monoisotopic (exact) mass is 476 g/mol. The Hall–Kier alpha value is -4.33. The summed E-state index contributed by atoms with van der Waals surface area (Å²) >= 11 is 0. The predicted octanol–water partition coefficient (Wildman–Crippen LogP) is 4.14. The van der Waals surface area contributed by atoms with E-state index in [0.717, 1.165) is 0 Å². The summed E-state index contributed by atoms with van der Waals surface area (Å²) in [6.07, 6.45) is 0. The van der Waals surface area contributed by atoms with Gasteiger partial charge in [0.25, 0.3) is 11.8 Å². The molecule has 0 heterocycles. The van der Waals surface area contributed by atoms with Gasteiger partial charge in [0.2, 0.25) is 0 Å². The number of ether oxygens (including phenoxy) is 3. The van der Waals surface area contributed by atoms with Crippen LogP contribution in [0.1, 0.15) is 35.8 Å². The highest BCUT2D eigenvalue weighted by Gasteiger charge is 2.25. The number of anilines is 1. The lowest BCUT2D eigenvalue weighted by atomic mass is 10.1. The molecule has 0 fully saturated rings. The molecular weight excluding hydrogens is 448 g/mol. The SMILES string of the molecule is CCOc1ccc(NC(=O)COC(=O)C(NC(=O)c2ccccc2)c2ccccc2)cc1OCC. The third-order valence-electron chi connectivity index (χ3n) is 4.85. The van der Waals surface area contributed by atoms with Gasteiger partial charge in [0.1, 0.15) is 0 Å². The molecule has 0 saturated heterocycles. The highest BCUT2D eigenvalue weighted by Crippen LogP contribution is 2.30. The molecule has 1 atom stereocenters. The topological polar surface area (TPSA) is 103 Å². The summed E-state index contributed by atoms with van der Waals surface area (Å²) in [7, 11) is 0. The zero-order valence-electron chi connectivity index (χ0n) is 19.7. The van der Waals surface area contributed by atoms with Crippen molar-refractivity contribution in [1.82, 2.24) is 5.32 Å². The van der Waals surface area contributed by atoms with Gasteiger partial charge >= 0.3 is 5.97 Å². The van der Waals surface area contributed by atoms with Crippen LogP contribution < -0.4 is 20.1 Å². The molecule has 2 N–H and O–H groups in total. The molecule has 2 amide bonds. The van der Waals surface area contributed by atoms with Gasteiger partial charge < -0.3 is 24.8 Å². The number of rotatable bonds is 11. The molecule has 182 valence electrons. The molecule has 35 heavy (non-hydrogen) atoms. The Morgan fingerprint density at radius 1 is 0.800 bits per heavy atom. The van der Waals surface area contributed by atoms with Gasteiger partial charge in [-0.15, -0.1) is 0 Å². The minimum Gasteiger partial charge on any atom is -0.490 e. The van der Waals surface area contributed by atoms with Crippen LogP contribution in [0.5, 0.6) is 11.5 Å². The van der Waals surface area contributed by atoms with Crippen molar-refractivity contribution < 1.29 is 28.6 Å². The molecule has 0 spiro atoms. The molecule has 0 radical (unpaired) electrons. The van der Waals surface area contributed by atoms with Crippen molar-refractivity contribution in [3.05, 3.63) is 90.0 Å². The first-order valence-corrected chi connectivity index (χ1v) is 11.3. The van der Waals surface area contributed by atoms with Gasteiger partial charge in [-0.3, -0.25) is 9.59 Å². The van der Waals surface area contributed by atoms with E-state index in [-0.39, 0.29) is 0 Å². The highest BCUT2D eigenvalue weighted by atomic mass is 16.5. The Morgan fingerprint density at radius 2 is 1.43 bits per heavy atom. The lowest BCUT2D eigenvalue weighted by molar-refractivity contribution is -0.149. The van der Waals surface area contributed by atoms with Crippen molar-refractivity contribution >= 4 is 23.5 Å². The third-order valence-corrected chi connectivity index (χ3v) is 4.85. The van der Waals surface area contributed by atoms with Crippen LogP contribution >= 0.6 is 0 Å². The van der Waals surface area contributed by atoms with E-state index in [2.05, 4.69) is 10.6 Å². The van der Waals surface area contributed by atoms with Crippen molar-refractivity contribution in [3.8, 4) is 11.5 Å². The summed E-state index contributed by atoms with van der Waals surface area (Å²) in [5.41, 5.74) is 1.41. The van der Waals surface area contributed by atoms with Gasteiger partial charge in [-0.1, -0.05) is 48.5 Å². The van der Waals surface area contributed by atoms with Gasteiger partial charge in [0.05, 0.1) is 13.2 Å². The van der Waals surface area contributed by atoms with E-state index in [0.29, 0.717) is 41.5 Å². The van der Waals surface area contributed by atoms with E-state index in [1.54, 1.807) is 78.9 Å². The van der Waals surface area contributed by atoms with Crippen LogP contribution in [0.2, 0.25) is 0 Å². The highest BCUT2D eigenvalue weighted by molar-refractivity contribution is 5.98. The number of benzene rings is 3. The number of amides is 2. The van der Waals surface area contributed by atoms with Crippen LogP contribution in [0, 0.1) is 0 Å². The standard InChI is InChI=1S/C27H28N2O6/c1-3-33-22-16-15-21(17-23(22)34-4-2)28-24(30)18-35-27(32)25(19-11-7-5-8-12-19)29-26(31)20-13-9-6-10-14-20/h5-17,25H,3-4,18H2,1-2H3,(H,28,30)(H,29,31). The molecule has 8 heteroatoms. The van der Waals surface area contributed by atoms with Gasteiger partial charge in [-0.25, -0.2) is 4.79 Å². The number of carbonyl (C=O) groups excluding carboxylic acids is 3. The fourth-order valence-electron chi connectivity index (χ4n) is 3.27. The smallest absolute Gasteiger partial charge is 0.333 e. The van der Waals surface area contributed by atoms with Crippen LogP contribution in [-0.2, 0) is 14.3 Å². The second kappa shape index (κ2) is 12.8. The quantitative estimate of drug-likeness (QED) is 0.403. The molecule has 0 saturated carbocycles. The molecule has 3 rings (SSSR count). The van der Waals surface area contributed by atoms with Crippen molar-refractivity contribution in [2.45, 2.75) is 19.9 Å². The Morgan fingerprint density at radius 3 is 2.09 bits per heavy atom. The minimum absolute atomic E-state index is 0.402. The Balaban J connectivity index is 1.65. The fourth-order valence-corrected chi connectivity index (χ4v) is 3.27. The van der Waals surface area contributed by atoms with Gasteiger partial charge in [0.15, 0.2) is 24.1 Å². The molecule has 0 aliphatic carbocycles. The second-order valence-corrected chi connectivity index (χ2v) is 7.37. The van der Waals surface area contributed by atoms with Crippen molar-refractivity contribution in [1.29, 1.82) is 0 Å². The van der Waals surface area contributed by atoms with Crippen LogP contribution in [0.3, 0.4) is 0 Å². The summed E-state index contributed by atoms with van der Waals surface area (Å²) in [5.74, 6) is -0.655. The molecular formula is C27H28N2O6. The lowest BCUT2D eigenvalue weighted by Gasteiger charge is -2.18. The van der Waals surface area contributed by atoms with Crippen LogP contribution in [0.25, 0.3) is 0 Å². The number of nitrogens with one attached hydrogen (secondary N) is 2. The van der Waals surface area contributed by atoms with Gasteiger partial charge in [-0.05, 0) is 43.7 Å². The molecule has 3 aromatic carbocycles. The first-order chi connectivity index (χ1) is 17.0. The zero-order chi connectivity index (χ0) is 25.0. The van der Waals surface area contributed by atoms with E-state index in [1.807, 2.05) is 13.8 Å². The van der Waals surface area contributed by atoms with Crippen LogP contribution in [0.4, 0.5) is 5.69 Å². The largest absolute Gasteiger partial charge is 0.490 e. The van der Waals surface area contributed by atoms with Gasteiger partial charge in [-0.2, -0.15) is 0 Å². The summed E-state index contributed by atoms with van der Waals surface area (Å²) in [6, 6.07) is 21.2. The van der Waals surface area contributed by atoms with Crippen molar-refractivity contribution in [3.63, 3.8) is 0 Å². The number of carbonyl (C=O) groups is 3. The van der Waals surface area contributed by atoms with Crippen molar-refractivity contribution in [2.75, 3.05) is 25.1 Å². The van der Waals surface area contributed by atoms with Crippen LogP contribution in [0.15, 0.2) is 78.9 Å². The van der Waals surface area contributed by atoms with E-state index >= 15 is 0 Å². The average molecular weight is 477 g/mol. The predicted molar refractivity (Wildman–Crippen MR) is 131 cm³/mol. The Kier molecular flexibility index (Phi) is 9.24. The van der Waals surface area contributed by atoms with Crippen molar-refractivity contribution in [2.24, 2.45) is 0 Å². The first kappa shape index (κ1) is 25.3. The molecule has 8 nitrogen and oxygen atoms in total. The normalized spacial score (nSPS) is 11.1. The van der Waals surface area contributed by atoms with Crippen LogP contribution in [-0.4, -0.2) is 37.6 Å². The zero-order valence-corrected chi connectivity index (χ0v) is 19.7. The molecule has 0 bridgehead atoms. The molecule has 0 aliphatic rings. The maximum Gasteiger partial charge on any atom is 0.333 e. The summed E-state index contributed by atoms with van der Waals surface area (Å²) in [4.78, 5) is 38.0. The summed E-state index contributed by atoms with van der Waals surface area (Å²) in [5, 5.41) is 5.36. The van der Waals surface area contributed by atoms with Gasteiger partial charge in [0, 0.05) is 17.3 Å². The van der Waals surface area contributed by atoms with E-state index < -0.39 is 30.4 Å². The third kappa shape index (κ3) is 7.33. The minimum atomic E-state index is -1.08. The Labute approximate surface area is 204 Å². The Bertz CT molecular complexity index is 1130.